The van der Waals surface area contributed by atoms with E-state index in [-0.39, 0.29) is 17.6 Å². The van der Waals surface area contributed by atoms with E-state index in [0.717, 1.165) is 31.5 Å². The third-order valence-corrected chi connectivity index (χ3v) is 3.17. The van der Waals surface area contributed by atoms with Crippen molar-refractivity contribution in [3.05, 3.63) is 29.6 Å². The summed E-state index contributed by atoms with van der Waals surface area (Å²) in [5.41, 5.74) is 1.46. The summed E-state index contributed by atoms with van der Waals surface area (Å²) in [5, 5.41) is 6.03. The molecule has 0 saturated carbocycles. The molecule has 1 aliphatic rings. The Bertz CT molecular complexity index is 414. The van der Waals surface area contributed by atoms with Gasteiger partial charge in [-0.1, -0.05) is 6.07 Å². The molecule has 0 radical (unpaired) electrons. The van der Waals surface area contributed by atoms with Gasteiger partial charge in [0.05, 0.1) is 0 Å². The van der Waals surface area contributed by atoms with Gasteiger partial charge in [0.25, 0.3) is 0 Å². The second-order valence-corrected chi connectivity index (χ2v) is 4.47. The molecule has 1 fully saturated rings. The molecule has 2 rings (SSSR count). The molecule has 92 valence electrons. The number of aryl methyl sites for hydroxylation is 1. The fourth-order valence-corrected chi connectivity index (χ4v) is 2.05. The normalized spacial score (nSPS) is 16.8. The minimum Gasteiger partial charge on any atom is -0.326 e. The number of anilines is 1. The zero-order valence-electron chi connectivity index (χ0n) is 9.92. The van der Waals surface area contributed by atoms with Crippen molar-refractivity contribution in [1.82, 2.24) is 5.32 Å². The summed E-state index contributed by atoms with van der Waals surface area (Å²) in [6, 6.07) is 4.44. The maximum Gasteiger partial charge on any atom is 0.227 e. The van der Waals surface area contributed by atoms with Gasteiger partial charge in [-0.3, -0.25) is 4.79 Å². The van der Waals surface area contributed by atoms with E-state index in [1.165, 1.54) is 12.1 Å². The topological polar surface area (TPSA) is 41.1 Å². The second kappa shape index (κ2) is 5.27. The SMILES string of the molecule is Cc1ccc(F)cc1NC(=O)C1CCNCC1. The van der Waals surface area contributed by atoms with Gasteiger partial charge in [0.15, 0.2) is 0 Å². The Hall–Kier alpha value is -1.42. The summed E-state index contributed by atoms with van der Waals surface area (Å²) in [6.07, 6.45) is 1.69. The van der Waals surface area contributed by atoms with Crippen molar-refractivity contribution in [2.75, 3.05) is 18.4 Å². The molecule has 2 N–H and O–H groups in total. The van der Waals surface area contributed by atoms with Crippen molar-refractivity contribution in [2.45, 2.75) is 19.8 Å². The van der Waals surface area contributed by atoms with Crippen molar-refractivity contribution in [1.29, 1.82) is 0 Å². The van der Waals surface area contributed by atoms with Crippen LogP contribution >= 0.6 is 0 Å². The average Bonchev–Trinajstić information content (AvgIpc) is 2.35. The van der Waals surface area contributed by atoms with E-state index in [1.807, 2.05) is 6.92 Å². The first-order chi connectivity index (χ1) is 8.16. The molecule has 1 saturated heterocycles. The number of hydrogen-bond acceptors (Lipinski definition) is 2. The lowest BCUT2D eigenvalue weighted by atomic mass is 9.97. The molecule has 0 aliphatic carbocycles. The molecule has 1 amide bonds. The first-order valence-electron chi connectivity index (χ1n) is 5.94. The zero-order valence-corrected chi connectivity index (χ0v) is 9.92. The Morgan fingerprint density at radius 1 is 1.41 bits per heavy atom. The van der Waals surface area contributed by atoms with E-state index < -0.39 is 0 Å². The van der Waals surface area contributed by atoms with Crippen molar-refractivity contribution in [2.24, 2.45) is 5.92 Å². The van der Waals surface area contributed by atoms with Gasteiger partial charge in [-0.2, -0.15) is 0 Å². The van der Waals surface area contributed by atoms with Crippen LogP contribution in [0.2, 0.25) is 0 Å². The molecule has 1 aromatic carbocycles. The highest BCUT2D eigenvalue weighted by atomic mass is 19.1. The third kappa shape index (κ3) is 3.03. The molecule has 1 aromatic rings. The highest BCUT2D eigenvalue weighted by Gasteiger charge is 2.21. The summed E-state index contributed by atoms with van der Waals surface area (Å²) < 4.78 is 13.1. The monoisotopic (exact) mass is 236 g/mol. The molecule has 1 heterocycles. The van der Waals surface area contributed by atoms with E-state index in [2.05, 4.69) is 10.6 Å². The lowest BCUT2D eigenvalue weighted by Crippen LogP contribution is -2.34. The van der Waals surface area contributed by atoms with Gasteiger partial charge in [-0.25, -0.2) is 4.39 Å². The number of halogens is 1. The molecule has 0 atom stereocenters. The van der Waals surface area contributed by atoms with E-state index in [1.54, 1.807) is 6.07 Å². The highest BCUT2D eigenvalue weighted by molar-refractivity contribution is 5.93. The molecule has 0 aromatic heterocycles. The van der Waals surface area contributed by atoms with E-state index >= 15 is 0 Å². The van der Waals surface area contributed by atoms with Crippen molar-refractivity contribution in [3.8, 4) is 0 Å². The standard InChI is InChI=1S/C13H17FN2O/c1-9-2-3-11(14)8-12(9)16-13(17)10-4-6-15-7-5-10/h2-3,8,10,15H,4-7H2,1H3,(H,16,17). The first-order valence-corrected chi connectivity index (χ1v) is 5.94. The zero-order chi connectivity index (χ0) is 12.3. The van der Waals surface area contributed by atoms with Crippen LogP contribution in [-0.4, -0.2) is 19.0 Å². The summed E-state index contributed by atoms with van der Waals surface area (Å²) in [6.45, 7) is 3.61. The Balaban J connectivity index is 2.04. The molecular formula is C13H17FN2O. The maximum absolute atomic E-state index is 13.1. The lowest BCUT2D eigenvalue weighted by molar-refractivity contribution is -0.120. The second-order valence-electron chi connectivity index (χ2n) is 4.47. The Kier molecular flexibility index (Phi) is 3.74. The minimum atomic E-state index is -0.323. The number of carbonyl (C=O) groups excluding carboxylic acids is 1. The van der Waals surface area contributed by atoms with Gasteiger partial charge >= 0.3 is 0 Å². The van der Waals surface area contributed by atoms with E-state index in [0.29, 0.717) is 5.69 Å². The number of carbonyl (C=O) groups is 1. The fraction of sp³-hybridized carbons (Fsp3) is 0.462. The van der Waals surface area contributed by atoms with E-state index in [9.17, 15) is 9.18 Å². The van der Waals surface area contributed by atoms with Crippen LogP contribution in [0.15, 0.2) is 18.2 Å². The van der Waals surface area contributed by atoms with Crippen LogP contribution in [0.3, 0.4) is 0 Å². The Morgan fingerprint density at radius 2 is 2.12 bits per heavy atom. The van der Waals surface area contributed by atoms with Crippen LogP contribution in [0.4, 0.5) is 10.1 Å². The number of hydrogen-bond donors (Lipinski definition) is 2. The molecule has 17 heavy (non-hydrogen) atoms. The van der Waals surface area contributed by atoms with Crippen LogP contribution in [-0.2, 0) is 4.79 Å². The number of nitrogens with one attached hydrogen (secondary N) is 2. The molecule has 3 nitrogen and oxygen atoms in total. The van der Waals surface area contributed by atoms with Gasteiger partial charge < -0.3 is 10.6 Å². The molecule has 0 unspecified atom stereocenters. The third-order valence-electron chi connectivity index (χ3n) is 3.17. The predicted octanol–water partition coefficient (Wildman–Crippen LogP) is 2.07. The number of amides is 1. The molecule has 0 bridgehead atoms. The van der Waals surface area contributed by atoms with Gasteiger partial charge in [0.2, 0.25) is 5.91 Å². The van der Waals surface area contributed by atoms with Crippen molar-refractivity contribution in [3.63, 3.8) is 0 Å². The predicted molar refractivity (Wildman–Crippen MR) is 65.4 cm³/mol. The largest absolute Gasteiger partial charge is 0.326 e. The lowest BCUT2D eigenvalue weighted by Gasteiger charge is -2.22. The maximum atomic E-state index is 13.1. The quantitative estimate of drug-likeness (QED) is 0.825. The van der Waals surface area contributed by atoms with Crippen LogP contribution in [0.1, 0.15) is 18.4 Å². The average molecular weight is 236 g/mol. The van der Waals surface area contributed by atoms with Gasteiger partial charge in [-0.05, 0) is 50.6 Å². The number of rotatable bonds is 2. The molecular weight excluding hydrogens is 219 g/mol. The first kappa shape index (κ1) is 12.0. The number of piperidine rings is 1. The summed E-state index contributed by atoms with van der Waals surface area (Å²) >= 11 is 0. The van der Waals surface area contributed by atoms with Crippen LogP contribution in [0.5, 0.6) is 0 Å². The molecule has 4 heteroatoms. The van der Waals surface area contributed by atoms with Crippen molar-refractivity contribution < 1.29 is 9.18 Å². The Morgan fingerprint density at radius 3 is 2.82 bits per heavy atom. The van der Waals surface area contributed by atoms with Crippen LogP contribution in [0, 0.1) is 18.7 Å². The van der Waals surface area contributed by atoms with Crippen molar-refractivity contribution >= 4 is 11.6 Å². The van der Waals surface area contributed by atoms with Gasteiger partial charge in [0, 0.05) is 11.6 Å². The highest BCUT2D eigenvalue weighted by Crippen LogP contribution is 2.19. The van der Waals surface area contributed by atoms with Crippen LogP contribution in [0.25, 0.3) is 0 Å². The van der Waals surface area contributed by atoms with E-state index in [4.69, 9.17) is 0 Å². The smallest absolute Gasteiger partial charge is 0.227 e. The van der Waals surface area contributed by atoms with Crippen LogP contribution < -0.4 is 10.6 Å². The van der Waals surface area contributed by atoms with Gasteiger partial charge in [0.1, 0.15) is 5.82 Å². The van der Waals surface area contributed by atoms with Gasteiger partial charge in [-0.15, -0.1) is 0 Å². The number of benzene rings is 1. The minimum absolute atomic E-state index is 0.000185. The summed E-state index contributed by atoms with van der Waals surface area (Å²) in [7, 11) is 0. The summed E-state index contributed by atoms with van der Waals surface area (Å²) in [5.74, 6) is -0.282. The summed E-state index contributed by atoms with van der Waals surface area (Å²) in [4.78, 5) is 12.0. The molecule has 1 aliphatic heterocycles. The fourth-order valence-electron chi connectivity index (χ4n) is 2.05. The molecule has 0 spiro atoms. The Labute approximate surface area is 100 Å².